The van der Waals surface area contributed by atoms with Gasteiger partial charge < -0.3 is 21.2 Å². The van der Waals surface area contributed by atoms with Crippen LogP contribution in [-0.2, 0) is 9.59 Å². The maximum absolute atomic E-state index is 13.1. The van der Waals surface area contributed by atoms with Crippen molar-refractivity contribution < 1.29 is 14.4 Å². The van der Waals surface area contributed by atoms with E-state index < -0.39 is 12.1 Å². The van der Waals surface area contributed by atoms with Gasteiger partial charge in [-0.25, -0.2) is 0 Å². The Morgan fingerprint density at radius 1 is 0.872 bits per heavy atom. The van der Waals surface area contributed by atoms with Crippen molar-refractivity contribution in [2.24, 2.45) is 10.7 Å². The smallest absolute Gasteiger partial charge is 0.266 e. The first-order chi connectivity index (χ1) is 18.8. The number of hydrogen-bond donors (Lipinski definition) is 2. The molecule has 1 atom stereocenters. The molecule has 0 radical (unpaired) electrons. The molecule has 0 bridgehead atoms. The number of nitrogen functional groups attached to an aromatic ring is 1. The number of amides is 1. The lowest BCUT2D eigenvalue weighted by molar-refractivity contribution is -0.119. The van der Waals surface area contributed by atoms with Crippen molar-refractivity contribution in [3.05, 3.63) is 131 Å². The van der Waals surface area contributed by atoms with Crippen LogP contribution in [0.4, 0.5) is 11.4 Å². The lowest BCUT2D eigenvalue weighted by Crippen LogP contribution is -2.44. The van der Waals surface area contributed by atoms with Gasteiger partial charge in [-0.15, -0.1) is 0 Å². The number of aryl methyl sites for hydroxylation is 2. The molecule has 4 aromatic carbocycles. The predicted molar refractivity (Wildman–Crippen MR) is 157 cm³/mol. The van der Waals surface area contributed by atoms with Gasteiger partial charge in [-0.3, -0.25) is 14.6 Å². The van der Waals surface area contributed by atoms with Crippen molar-refractivity contribution in [3.8, 4) is 0 Å². The summed E-state index contributed by atoms with van der Waals surface area (Å²) in [4.78, 5) is 40.0. The summed E-state index contributed by atoms with van der Waals surface area (Å²) < 4.78 is 0. The van der Waals surface area contributed by atoms with E-state index in [4.69, 9.17) is 16.3 Å². The lowest BCUT2D eigenvalue weighted by Gasteiger charge is -2.24. The van der Waals surface area contributed by atoms with Crippen LogP contribution in [0.1, 0.15) is 32.6 Å². The Balaban J connectivity index is 0.000000357. The number of aliphatic imine (C=N–C) groups is 1. The highest BCUT2D eigenvalue weighted by atomic mass is 16.2. The topological polar surface area (TPSA) is 119 Å². The Hall–Kier alpha value is -4.88. The molecule has 1 aliphatic heterocycles. The van der Waals surface area contributed by atoms with E-state index in [-0.39, 0.29) is 12.3 Å². The van der Waals surface area contributed by atoms with Gasteiger partial charge in [0, 0.05) is 22.4 Å². The number of nitrogens with zero attached hydrogens (tertiary/aromatic N) is 2. The molecule has 39 heavy (non-hydrogen) atoms. The molecule has 0 aliphatic carbocycles. The van der Waals surface area contributed by atoms with Crippen molar-refractivity contribution in [1.82, 2.24) is 0 Å². The number of nitrogens with two attached hydrogens (primary N) is 2. The van der Waals surface area contributed by atoms with Crippen molar-refractivity contribution in [3.63, 3.8) is 0 Å². The van der Waals surface area contributed by atoms with Gasteiger partial charge in [-0.2, -0.15) is 0 Å². The molecule has 0 aromatic heterocycles. The summed E-state index contributed by atoms with van der Waals surface area (Å²) in [5, 5.41) is 0. The van der Waals surface area contributed by atoms with Gasteiger partial charge in [0.05, 0.1) is 17.9 Å². The minimum absolute atomic E-state index is 0.0913. The van der Waals surface area contributed by atoms with Crippen LogP contribution in [0.2, 0.25) is 0 Å². The van der Waals surface area contributed by atoms with E-state index >= 15 is 0 Å². The summed E-state index contributed by atoms with van der Waals surface area (Å²) >= 11 is 0. The number of hydrogen-bond acceptors (Lipinski definition) is 6. The van der Waals surface area contributed by atoms with E-state index in [2.05, 4.69) is 4.99 Å². The fourth-order valence-electron chi connectivity index (χ4n) is 4.23. The Kier molecular flexibility index (Phi) is 10.0. The van der Waals surface area contributed by atoms with Crippen molar-refractivity contribution in [2.45, 2.75) is 20.0 Å². The minimum Gasteiger partial charge on any atom is -0.399 e. The monoisotopic (exact) mass is 520 g/mol. The van der Waals surface area contributed by atoms with Crippen LogP contribution in [-0.4, -0.2) is 36.9 Å². The Labute approximate surface area is 228 Å². The van der Waals surface area contributed by atoms with Gasteiger partial charge in [0.1, 0.15) is 6.79 Å². The molecule has 4 aromatic rings. The zero-order valence-corrected chi connectivity index (χ0v) is 22.1. The molecule has 1 amide bonds. The van der Waals surface area contributed by atoms with Gasteiger partial charge in [0.15, 0.2) is 11.9 Å². The van der Waals surface area contributed by atoms with E-state index in [9.17, 15) is 9.59 Å². The Morgan fingerprint density at radius 2 is 1.51 bits per heavy atom. The zero-order chi connectivity index (χ0) is 28.4. The van der Waals surface area contributed by atoms with Crippen LogP contribution in [0.3, 0.4) is 0 Å². The molecule has 0 saturated heterocycles. The van der Waals surface area contributed by atoms with Gasteiger partial charge in [0.2, 0.25) is 0 Å². The van der Waals surface area contributed by atoms with E-state index in [0.717, 1.165) is 22.4 Å². The summed E-state index contributed by atoms with van der Waals surface area (Å²) in [5.74, 6) is -0.535. The molecule has 7 heteroatoms. The van der Waals surface area contributed by atoms with Crippen LogP contribution in [0, 0.1) is 13.8 Å². The second-order valence-electron chi connectivity index (χ2n) is 8.88. The molecule has 198 valence electrons. The summed E-state index contributed by atoms with van der Waals surface area (Å²) in [5.41, 5.74) is 18.0. The number of anilines is 2. The second kappa shape index (κ2) is 13.6. The third-order valence-electron chi connectivity index (χ3n) is 6.07. The first-order valence-electron chi connectivity index (χ1n) is 12.3. The molecule has 0 unspecified atom stereocenters. The second-order valence-corrected chi connectivity index (χ2v) is 8.88. The molecule has 1 heterocycles. The molecular weight excluding hydrogens is 488 g/mol. The Morgan fingerprint density at radius 3 is 2.15 bits per heavy atom. The number of ketones is 1. The molecule has 0 fully saturated rings. The zero-order valence-electron chi connectivity index (χ0n) is 22.1. The van der Waals surface area contributed by atoms with Gasteiger partial charge in [-0.1, -0.05) is 84.9 Å². The van der Waals surface area contributed by atoms with Gasteiger partial charge >= 0.3 is 0 Å². The number of para-hydroxylation sites is 1. The van der Waals surface area contributed by atoms with E-state index in [1.807, 2.05) is 118 Å². The molecule has 4 N–H and O–H groups in total. The molecular formula is C32H32N4O3. The number of carbonyl (C=O) groups excluding carboxylic acids is 3. The highest BCUT2D eigenvalue weighted by molar-refractivity contribution is 6.21. The van der Waals surface area contributed by atoms with Crippen LogP contribution in [0.5, 0.6) is 0 Å². The summed E-state index contributed by atoms with van der Waals surface area (Å²) in [6.07, 6.45) is -1.08. The molecule has 7 nitrogen and oxygen atoms in total. The average molecular weight is 521 g/mol. The first-order valence-corrected chi connectivity index (χ1v) is 12.3. The van der Waals surface area contributed by atoms with Crippen LogP contribution >= 0.6 is 0 Å². The number of benzodiazepines with no additional fused rings is 1. The molecule has 0 spiro atoms. The highest BCUT2D eigenvalue weighted by Gasteiger charge is 2.31. The number of fused-ring (bicyclic) bond motifs is 1. The maximum atomic E-state index is 13.1. The number of carbonyl (C=O) groups is 3. The minimum atomic E-state index is -1.08. The first kappa shape index (κ1) is 28.7. The van der Waals surface area contributed by atoms with Crippen molar-refractivity contribution in [2.75, 3.05) is 17.2 Å². The third kappa shape index (κ3) is 7.12. The summed E-state index contributed by atoms with van der Waals surface area (Å²) in [6.45, 7) is 5.82. The number of benzene rings is 4. The SMILES string of the molecule is C=O.Cc1cccc(N)c1.Cc1ccccc1C(=O)CN1C(=O)[C@H](N)N=C(c2ccccc2)c2ccccc21. The van der Waals surface area contributed by atoms with Crippen LogP contribution < -0.4 is 16.4 Å². The Bertz CT molecular complexity index is 1450. The fraction of sp³-hybridized carbons (Fsp3) is 0.125. The molecule has 0 saturated carbocycles. The standard InChI is InChI=1S/C24H21N3O2.C7H9N.CH2O/c1-16-9-5-6-12-18(16)21(28)15-27-20-14-8-7-13-19(20)22(26-23(25)24(27)29)17-10-3-2-4-11-17;1-6-3-2-4-7(8)5-6;1-2/h2-14,23H,15,25H2,1H3;2-5H,8H2,1H3;1H2/t23-;;/m1../s1. The number of rotatable bonds is 4. The normalized spacial score (nSPS) is 13.9. The average Bonchev–Trinajstić information content (AvgIpc) is 3.05. The fourth-order valence-corrected chi connectivity index (χ4v) is 4.23. The maximum Gasteiger partial charge on any atom is 0.266 e. The van der Waals surface area contributed by atoms with E-state index in [1.165, 1.54) is 10.5 Å². The van der Waals surface area contributed by atoms with E-state index in [1.54, 1.807) is 6.07 Å². The quantitative estimate of drug-likeness (QED) is 0.298. The van der Waals surface area contributed by atoms with Gasteiger partial charge in [0.25, 0.3) is 5.91 Å². The summed E-state index contributed by atoms with van der Waals surface area (Å²) in [6, 6.07) is 32.2. The van der Waals surface area contributed by atoms with E-state index in [0.29, 0.717) is 17.0 Å². The highest BCUT2D eigenvalue weighted by Crippen LogP contribution is 2.28. The third-order valence-corrected chi connectivity index (χ3v) is 6.07. The number of Topliss-reactive ketones (excluding diaryl/α,β-unsaturated/α-hetero) is 1. The van der Waals surface area contributed by atoms with Crippen molar-refractivity contribution >= 4 is 35.6 Å². The summed E-state index contributed by atoms with van der Waals surface area (Å²) in [7, 11) is 0. The largest absolute Gasteiger partial charge is 0.399 e. The van der Waals surface area contributed by atoms with Crippen LogP contribution in [0.15, 0.2) is 108 Å². The lowest BCUT2D eigenvalue weighted by atomic mass is 9.99. The predicted octanol–water partition coefficient (Wildman–Crippen LogP) is 4.74. The molecule has 1 aliphatic rings. The van der Waals surface area contributed by atoms with Crippen molar-refractivity contribution in [1.29, 1.82) is 0 Å². The van der Waals surface area contributed by atoms with Crippen LogP contribution in [0.25, 0.3) is 0 Å². The van der Waals surface area contributed by atoms with Gasteiger partial charge in [-0.05, 0) is 43.2 Å². The molecule has 5 rings (SSSR count).